The number of esters is 1. The Labute approximate surface area is 134 Å². The van der Waals surface area contributed by atoms with Gasteiger partial charge in [0.05, 0.1) is 16.2 Å². The topological polar surface area (TPSA) is 97.2 Å². The van der Waals surface area contributed by atoms with E-state index < -0.39 is 12.0 Å². The fourth-order valence-electron chi connectivity index (χ4n) is 1.58. The number of carbonyl (C=O) groups excluding carboxylic acids is 2. The van der Waals surface area contributed by atoms with E-state index in [9.17, 15) is 9.59 Å². The van der Waals surface area contributed by atoms with Crippen LogP contribution in [0.25, 0.3) is 0 Å². The number of nitrogens with one attached hydrogen (secondary N) is 2. The molecule has 4 N–H and O–H groups in total. The molecule has 0 saturated heterocycles. The van der Waals surface area contributed by atoms with Gasteiger partial charge >= 0.3 is 5.97 Å². The predicted octanol–water partition coefficient (Wildman–Crippen LogP) is 1.94. The molecule has 0 aliphatic heterocycles. The molecule has 1 heterocycles. The van der Waals surface area contributed by atoms with Gasteiger partial charge in [-0.2, -0.15) is 0 Å². The number of nitrogens with two attached hydrogens (primary N) is 1. The van der Waals surface area contributed by atoms with Crippen LogP contribution in [-0.2, 0) is 9.53 Å². The SMILES string of the molecule is COC(=O)C(N)CCCCNC(=O)c1cc(Br)c(Br)[nH]1. The summed E-state index contributed by atoms with van der Waals surface area (Å²) in [5.74, 6) is -0.580. The van der Waals surface area contributed by atoms with Crippen LogP contribution in [0.1, 0.15) is 29.8 Å². The summed E-state index contributed by atoms with van der Waals surface area (Å²) in [6.07, 6.45) is 2.04. The molecule has 0 bridgehead atoms. The molecule has 1 aromatic heterocycles. The third-order valence-corrected chi connectivity index (χ3v) is 4.48. The lowest BCUT2D eigenvalue weighted by Crippen LogP contribution is -2.31. The molecule has 1 unspecified atom stereocenters. The first kappa shape index (κ1) is 17.2. The minimum Gasteiger partial charge on any atom is -0.468 e. The largest absolute Gasteiger partial charge is 0.468 e. The summed E-state index contributed by atoms with van der Waals surface area (Å²) in [7, 11) is 1.31. The maximum atomic E-state index is 11.8. The van der Waals surface area contributed by atoms with Crippen molar-refractivity contribution < 1.29 is 14.3 Å². The number of halogens is 2. The predicted molar refractivity (Wildman–Crippen MR) is 82.4 cm³/mol. The Hall–Kier alpha value is -0.860. The molecule has 112 valence electrons. The van der Waals surface area contributed by atoms with Gasteiger partial charge in [-0.15, -0.1) is 0 Å². The molecule has 1 atom stereocenters. The highest BCUT2D eigenvalue weighted by molar-refractivity contribution is 9.13. The van der Waals surface area contributed by atoms with E-state index in [4.69, 9.17) is 5.73 Å². The maximum Gasteiger partial charge on any atom is 0.322 e. The summed E-state index contributed by atoms with van der Waals surface area (Å²) >= 11 is 6.57. The van der Waals surface area contributed by atoms with Crippen molar-refractivity contribution in [3.05, 3.63) is 20.8 Å². The Morgan fingerprint density at radius 2 is 2.15 bits per heavy atom. The van der Waals surface area contributed by atoms with Gasteiger partial charge in [-0.3, -0.25) is 9.59 Å². The number of methoxy groups -OCH3 is 1. The lowest BCUT2D eigenvalue weighted by atomic mass is 10.1. The van der Waals surface area contributed by atoms with Crippen molar-refractivity contribution in [3.8, 4) is 0 Å². The smallest absolute Gasteiger partial charge is 0.322 e. The Balaban J connectivity index is 2.21. The zero-order valence-electron chi connectivity index (χ0n) is 11.0. The van der Waals surface area contributed by atoms with Gasteiger partial charge in [0.1, 0.15) is 11.7 Å². The molecule has 0 fully saturated rings. The molecule has 0 spiro atoms. The lowest BCUT2D eigenvalue weighted by Gasteiger charge is -2.08. The molecular formula is C12H17Br2N3O3. The number of unbranched alkanes of at least 4 members (excludes halogenated alkanes) is 1. The Bertz CT molecular complexity index is 457. The van der Waals surface area contributed by atoms with Crippen LogP contribution in [0.4, 0.5) is 0 Å². The molecule has 1 amide bonds. The van der Waals surface area contributed by atoms with Gasteiger partial charge < -0.3 is 20.8 Å². The van der Waals surface area contributed by atoms with Crippen LogP contribution >= 0.6 is 31.9 Å². The number of carbonyl (C=O) groups is 2. The van der Waals surface area contributed by atoms with E-state index in [0.29, 0.717) is 18.7 Å². The zero-order valence-corrected chi connectivity index (χ0v) is 14.2. The molecule has 0 saturated carbocycles. The number of aromatic amines is 1. The summed E-state index contributed by atoms with van der Waals surface area (Å²) in [6.45, 7) is 0.529. The minimum absolute atomic E-state index is 0.173. The first-order valence-corrected chi connectivity index (χ1v) is 7.70. The van der Waals surface area contributed by atoms with Gasteiger partial charge in [0.2, 0.25) is 0 Å². The highest BCUT2D eigenvalue weighted by atomic mass is 79.9. The Morgan fingerprint density at radius 1 is 1.45 bits per heavy atom. The number of amides is 1. The van der Waals surface area contributed by atoms with Crippen LogP contribution < -0.4 is 11.1 Å². The van der Waals surface area contributed by atoms with E-state index in [1.165, 1.54) is 7.11 Å². The van der Waals surface area contributed by atoms with Crippen molar-refractivity contribution in [2.45, 2.75) is 25.3 Å². The molecule has 0 radical (unpaired) electrons. The van der Waals surface area contributed by atoms with E-state index >= 15 is 0 Å². The first-order valence-electron chi connectivity index (χ1n) is 6.11. The summed E-state index contributed by atoms with van der Waals surface area (Å²) in [5, 5.41) is 2.79. The van der Waals surface area contributed by atoms with Crippen molar-refractivity contribution in [1.29, 1.82) is 0 Å². The third kappa shape index (κ3) is 5.26. The first-order chi connectivity index (χ1) is 9.45. The molecular weight excluding hydrogens is 394 g/mol. The second-order valence-corrected chi connectivity index (χ2v) is 5.87. The highest BCUT2D eigenvalue weighted by Crippen LogP contribution is 2.22. The van der Waals surface area contributed by atoms with Crippen LogP contribution in [0.5, 0.6) is 0 Å². The monoisotopic (exact) mass is 409 g/mol. The second kappa shape index (κ2) is 8.43. The van der Waals surface area contributed by atoms with Crippen molar-refractivity contribution in [3.63, 3.8) is 0 Å². The zero-order chi connectivity index (χ0) is 15.1. The molecule has 0 aliphatic carbocycles. The van der Waals surface area contributed by atoms with Gasteiger partial charge in [0, 0.05) is 6.54 Å². The van der Waals surface area contributed by atoms with Crippen molar-refractivity contribution in [1.82, 2.24) is 10.3 Å². The molecule has 1 aromatic rings. The molecule has 0 aliphatic rings. The van der Waals surface area contributed by atoms with E-state index in [1.54, 1.807) is 6.07 Å². The van der Waals surface area contributed by atoms with E-state index in [2.05, 4.69) is 46.9 Å². The normalized spacial score (nSPS) is 12.0. The standard InChI is InChI=1S/C12H17Br2N3O3/c1-20-12(19)8(15)4-2-3-5-16-11(18)9-6-7(13)10(14)17-9/h6,8,17H,2-5,15H2,1H3,(H,16,18). The summed E-state index contributed by atoms with van der Waals surface area (Å²) in [4.78, 5) is 25.8. The molecule has 6 nitrogen and oxygen atoms in total. The number of rotatable bonds is 7. The van der Waals surface area contributed by atoms with Crippen molar-refractivity contribution in [2.24, 2.45) is 5.73 Å². The molecule has 0 aromatic carbocycles. The summed E-state index contributed by atoms with van der Waals surface area (Å²) in [5.41, 5.74) is 6.08. The molecule has 20 heavy (non-hydrogen) atoms. The average Bonchev–Trinajstić information content (AvgIpc) is 2.77. The number of hydrogen-bond acceptors (Lipinski definition) is 4. The summed E-state index contributed by atoms with van der Waals surface area (Å²) < 4.78 is 6.06. The van der Waals surface area contributed by atoms with Gasteiger partial charge in [0.25, 0.3) is 5.91 Å². The minimum atomic E-state index is -0.592. The van der Waals surface area contributed by atoms with Gasteiger partial charge in [-0.1, -0.05) is 0 Å². The van der Waals surface area contributed by atoms with E-state index in [0.717, 1.165) is 21.9 Å². The number of ether oxygens (including phenoxy) is 1. The maximum absolute atomic E-state index is 11.8. The second-order valence-electron chi connectivity index (χ2n) is 4.23. The van der Waals surface area contributed by atoms with Crippen LogP contribution in [0, 0.1) is 0 Å². The molecule has 8 heteroatoms. The average molecular weight is 411 g/mol. The van der Waals surface area contributed by atoms with Gasteiger partial charge in [-0.05, 0) is 57.2 Å². The Morgan fingerprint density at radius 3 is 2.70 bits per heavy atom. The fraction of sp³-hybridized carbons (Fsp3) is 0.500. The van der Waals surface area contributed by atoms with Gasteiger partial charge in [0.15, 0.2) is 0 Å². The highest BCUT2D eigenvalue weighted by Gasteiger charge is 2.13. The number of hydrogen-bond donors (Lipinski definition) is 3. The van der Waals surface area contributed by atoms with Crippen LogP contribution in [-0.4, -0.2) is 36.6 Å². The number of aromatic nitrogens is 1. The quantitative estimate of drug-likeness (QED) is 0.472. The Kier molecular flexibility index (Phi) is 7.25. The van der Waals surface area contributed by atoms with Crippen LogP contribution in [0.2, 0.25) is 0 Å². The van der Waals surface area contributed by atoms with E-state index in [1.807, 2.05) is 0 Å². The van der Waals surface area contributed by atoms with Crippen molar-refractivity contribution in [2.75, 3.05) is 13.7 Å². The third-order valence-electron chi connectivity index (χ3n) is 2.70. The number of H-pyrrole nitrogens is 1. The van der Waals surface area contributed by atoms with Gasteiger partial charge in [-0.25, -0.2) is 0 Å². The lowest BCUT2D eigenvalue weighted by molar-refractivity contribution is -0.142. The fourth-order valence-corrected chi connectivity index (χ4v) is 2.24. The van der Waals surface area contributed by atoms with Crippen LogP contribution in [0.15, 0.2) is 15.1 Å². The molecule has 1 rings (SSSR count). The van der Waals surface area contributed by atoms with E-state index in [-0.39, 0.29) is 5.91 Å². The van der Waals surface area contributed by atoms with Crippen LogP contribution in [0.3, 0.4) is 0 Å². The summed E-state index contributed by atoms with van der Waals surface area (Å²) in [6, 6.07) is 1.11. The van der Waals surface area contributed by atoms with Crippen molar-refractivity contribution >= 4 is 43.7 Å².